The number of aliphatic hydroxyl groups excluding tert-OH is 1. The van der Waals surface area contributed by atoms with Crippen LogP contribution in [0.5, 0.6) is 0 Å². The Hall–Kier alpha value is -0.0800. The van der Waals surface area contributed by atoms with Crippen LogP contribution in [-0.4, -0.2) is 23.3 Å². The van der Waals surface area contributed by atoms with Gasteiger partial charge in [-0.05, 0) is 38.5 Å². The van der Waals surface area contributed by atoms with E-state index in [0.717, 1.165) is 18.8 Å². The molecule has 0 aromatic carbocycles. The maximum atomic E-state index is 9.90. The van der Waals surface area contributed by atoms with Crippen molar-refractivity contribution in [2.24, 2.45) is 5.92 Å². The van der Waals surface area contributed by atoms with Crippen molar-refractivity contribution in [3.63, 3.8) is 0 Å². The van der Waals surface area contributed by atoms with E-state index in [-0.39, 0.29) is 6.10 Å². The summed E-state index contributed by atoms with van der Waals surface area (Å²) in [5.41, 5.74) is 0. The Balaban J connectivity index is 1.78. The minimum Gasteiger partial charge on any atom is -0.392 e. The SMILES string of the molecule is C[C@@H](NC1CCCCC1O)C1CCCC1. The van der Waals surface area contributed by atoms with E-state index in [1.165, 1.54) is 38.5 Å². The van der Waals surface area contributed by atoms with Gasteiger partial charge in [0, 0.05) is 12.1 Å². The number of rotatable bonds is 3. The average molecular weight is 211 g/mol. The van der Waals surface area contributed by atoms with E-state index in [2.05, 4.69) is 12.2 Å². The molecule has 2 fully saturated rings. The Morgan fingerprint density at radius 3 is 2.27 bits per heavy atom. The van der Waals surface area contributed by atoms with Crippen LogP contribution in [0, 0.1) is 5.92 Å². The van der Waals surface area contributed by atoms with Gasteiger partial charge in [-0.3, -0.25) is 0 Å². The quantitative estimate of drug-likeness (QED) is 0.751. The van der Waals surface area contributed by atoms with Gasteiger partial charge in [0.05, 0.1) is 6.10 Å². The molecule has 2 N–H and O–H groups in total. The third-order valence-corrected chi connectivity index (χ3v) is 4.31. The second kappa shape index (κ2) is 5.31. The molecule has 2 saturated carbocycles. The van der Waals surface area contributed by atoms with E-state index in [0.29, 0.717) is 12.1 Å². The molecule has 2 nitrogen and oxygen atoms in total. The maximum Gasteiger partial charge on any atom is 0.0693 e. The molecule has 2 aliphatic rings. The van der Waals surface area contributed by atoms with Crippen molar-refractivity contribution < 1.29 is 5.11 Å². The molecule has 0 aromatic rings. The Labute approximate surface area is 93.5 Å². The first-order chi connectivity index (χ1) is 7.27. The highest BCUT2D eigenvalue weighted by atomic mass is 16.3. The molecule has 0 heterocycles. The van der Waals surface area contributed by atoms with Crippen molar-refractivity contribution in [1.29, 1.82) is 0 Å². The zero-order valence-electron chi connectivity index (χ0n) is 9.91. The summed E-state index contributed by atoms with van der Waals surface area (Å²) < 4.78 is 0. The Bertz CT molecular complexity index is 189. The zero-order valence-corrected chi connectivity index (χ0v) is 9.91. The first-order valence-electron chi connectivity index (χ1n) is 6.71. The molecular formula is C13H25NO. The van der Waals surface area contributed by atoms with E-state index in [1.54, 1.807) is 0 Å². The fourth-order valence-electron chi connectivity index (χ4n) is 3.24. The van der Waals surface area contributed by atoms with E-state index in [9.17, 15) is 5.11 Å². The minimum atomic E-state index is -0.0948. The number of aliphatic hydroxyl groups is 1. The molecule has 0 saturated heterocycles. The van der Waals surface area contributed by atoms with Crippen LogP contribution in [0.25, 0.3) is 0 Å². The Morgan fingerprint density at radius 1 is 1.00 bits per heavy atom. The topological polar surface area (TPSA) is 32.3 Å². The first kappa shape index (κ1) is 11.4. The molecule has 2 heteroatoms. The summed E-state index contributed by atoms with van der Waals surface area (Å²) in [6, 6.07) is 0.972. The fourth-order valence-corrected chi connectivity index (χ4v) is 3.24. The third-order valence-electron chi connectivity index (χ3n) is 4.31. The van der Waals surface area contributed by atoms with E-state index in [4.69, 9.17) is 0 Å². The van der Waals surface area contributed by atoms with Gasteiger partial charge in [0.15, 0.2) is 0 Å². The van der Waals surface area contributed by atoms with Crippen molar-refractivity contribution in [3.05, 3.63) is 0 Å². The van der Waals surface area contributed by atoms with Crippen molar-refractivity contribution in [2.45, 2.75) is 76.5 Å². The number of hydrogen-bond acceptors (Lipinski definition) is 2. The van der Waals surface area contributed by atoms with Gasteiger partial charge < -0.3 is 10.4 Å². The largest absolute Gasteiger partial charge is 0.392 e. The van der Waals surface area contributed by atoms with Crippen LogP contribution in [0.3, 0.4) is 0 Å². The smallest absolute Gasteiger partial charge is 0.0693 e. The standard InChI is InChI=1S/C13H25NO/c1-10(11-6-2-3-7-11)14-12-8-4-5-9-13(12)15/h10-15H,2-9H2,1H3/t10-,12?,13?/m1/s1. The summed E-state index contributed by atoms with van der Waals surface area (Å²) in [4.78, 5) is 0. The zero-order chi connectivity index (χ0) is 10.7. The number of nitrogens with one attached hydrogen (secondary N) is 1. The van der Waals surface area contributed by atoms with Crippen LogP contribution in [-0.2, 0) is 0 Å². The molecule has 0 spiro atoms. The van der Waals surface area contributed by atoms with Gasteiger partial charge in [-0.1, -0.05) is 25.7 Å². The molecule has 3 atom stereocenters. The predicted molar refractivity (Wildman–Crippen MR) is 62.8 cm³/mol. The summed E-state index contributed by atoms with van der Waals surface area (Å²) in [5.74, 6) is 0.860. The lowest BCUT2D eigenvalue weighted by molar-refractivity contribution is 0.0814. The van der Waals surface area contributed by atoms with E-state index >= 15 is 0 Å². The van der Waals surface area contributed by atoms with Gasteiger partial charge in [0.1, 0.15) is 0 Å². The number of hydrogen-bond donors (Lipinski definition) is 2. The van der Waals surface area contributed by atoms with Gasteiger partial charge in [-0.2, -0.15) is 0 Å². The van der Waals surface area contributed by atoms with Gasteiger partial charge in [-0.25, -0.2) is 0 Å². The normalized spacial score (nSPS) is 35.6. The lowest BCUT2D eigenvalue weighted by atomic mass is 9.90. The molecule has 2 aliphatic carbocycles. The van der Waals surface area contributed by atoms with Crippen molar-refractivity contribution >= 4 is 0 Å². The Kier molecular flexibility index (Phi) is 4.04. The van der Waals surface area contributed by atoms with Crippen LogP contribution in [0.4, 0.5) is 0 Å². The lowest BCUT2D eigenvalue weighted by Crippen LogP contribution is -2.48. The molecule has 0 aliphatic heterocycles. The molecule has 15 heavy (non-hydrogen) atoms. The van der Waals surface area contributed by atoms with Crippen LogP contribution in [0.1, 0.15) is 58.3 Å². The van der Waals surface area contributed by atoms with Gasteiger partial charge in [0.2, 0.25) is 0 Å². The molecule has 2 rings (SSSR count). The summed E-state index contributed by atoms with van der Waals surface area (Å²) in [6.45, 7) is 2.30. The highest BCUT2D eigenvalue weighted by Gasteiger charge is 2.28. The van der Waals surface area contributed by atoms with E-state index < -0.39 is 0 Å². The van der Waals surface area contributed by atoms with Crippen LogP contribution >= 0.6 is 0 Å². The second-order valence-electron chi connectivity index (χ2n) is 5.46. The van der Waals surface area contributed by atoms with Crippen molar-refractivity contribution in [2.75, 3.05) is 0 Å². The maximum absolute atomic E-state index is 9.90. The first-order valence-corrected chi connectivity index (χ1v) is 6.71. The molecule has 2 unspecified atom stereocenters. The van der Waals surface area contributed by atoms with Gasteiger partial charge >= 0.3 is 0 Å². The van der Waals surface area contributed by atoms with E-state index in [1.807, 2.05) is 0 Å². The molecule has 0 radical (unpaired) electrons. The monoisotopic (exact) mass is 211 g/mol. The lowest BCUT2D eigenvalue weighted by Gasteiger charge is -2.33. The summed E-state index contributed by atoms with van der Waals surface area (Å²) >= 11 is 0. The molecule has 0 bridgehead atoms. The van der Waals surface area contributed by atoms with Gasteiger partial charge in [0.25, 0.3) is 0 Å². The average Bonchev–Trinajstić information content (AvgIpc) is 2.74. The molecule has 0 aromatic heterocycles. The minimum absolute atomic E-state index is 0.0948. The summed E-state index contributed by atoms with van der Waals surface area (Å²) in [5, 5.41) is 13.6. The second-order valence-corrected chi connectivity index (χ2v) is 5.46. The summed E-state index contributed by atoms with van der Waals surface area (Å²) in [7, 11) is 0. The van der Waals surface area contributed by atoms with Crippen molar-refractivity contribution in [3.8, 4) is 0 Å². The van der Waals surface area contributed by atoms with Crippen LogP contribution < -0.4 is 5.32 Å². The molecular weight excluding hydrogens is 186 g/mol. The van der Waals surface area contributed by atoms with Crippen molar-refractivity contribution in [1.82, 2.24) is 5.32 Å². The highest BCUT2D eigenvalue weighted by Crippen LogP contribution is 2.28. The predicted octanol–water partition coefficient (Wildman–Crippen LogP) is 2.46. The fraction of sp³-hybridized carbons (Fsp3) is 1.00. The van der Waals surface area contributed by atoms with Gasteiger partial charge in [-0.15, -0.1) is 0 Å². The third kappa shape index (κ3) is 2.94. The Morgan fingerprint density at radius 2 is 1.60 bits per heavy atom. The molecule has 88 valence electrons. The highest BCUT2D eigenvalue weighted by molar-refractivity contribution is 4.86. The molecule has 0 amide bonds. The van der Waals surface area contributed by atoms with Crippen LogP contribution in [0.15, 0.2) is 0 Å². The summed E-state index contributed by atoms with van der Waals surface area (Å²) in [6.07, 6.45) is 10.1. The van der Waals surface area contributed by atoms with Crippen LogP contribution in [0.2, 0.25) is 0 Å².